The van der Waals surface area contributed by atoms with Gasteiger partial charge in [0.25, 0.3) is 0 Å². The highest BCUT2D eigenvalue weighted by Gasteiger charge is 2.22. The Morgan fingerprint density at radius 3 is 2.12 bits per heavy atom. The van der Waals surface area contributed by atoms with Gasteiger partial charge < -0.3 is 9.74 Å². The molecule has 0 bridgehead atoms. The summed E-state index contributed by atoms with van der Waals surface area (Å²) in [5.74, 6) is 0. The highest BCUT2D eigenvalue weighted by atomic mass is 28.3. The van der Waals surface area contributed by atoms with Gasteiger partial charge >= 0.3 is 0 Å². The molecule has 0 aliphatic heterocycles. The molecule has 0 aliphatic rings. The minimum Gasteiger partial charge on any atom is -0.416 e. The summed E-state index contributed by atoms with van der Waals surface area (Å²) >= 11 is 0. The number of hydrogen-bond acceptors (Lipinski definition) is 2. The van der Waals surface area contributed by atoms with E-state index in [-0.39, 0.29) is 0 Å². The Balaban J connectivity index is 2.47. The molecule has 2 nitrogen and oxygen atoms in total. The standard InChI is InChI=1S/C14H25NOSi/c1-14(2,3)17(5)16-11-13-8-6-12(7-9-13)10-15-4/h6-9,15,17H,10-11H2,1-5H3. The second-order valence-electron chi connectivity index (χ2n) is 5.67. The van der Waals surface area contributed by atoms with Crippen LogP contribution < -0.4 is 5.32 Å². The molecule has 1 aromatic rings. The second kappa shape index (κ2) is 6.33. The Kier molecular flexibility index (Phi) is 5.37. The van der Waals surface area contributed by atoms with Crippen molar-refractivity contribution in [1.82, 2.24) is 5.32 Å². The van der Waals surface area contributed by atoms with Gasteiger partial charge in [0.15, 0.2) is 9.04 Å². The molecule has 0 saturated heterocycles. The van der Waals surface area contributed by atoms with Gasteiger partial charge in [-0.1, -0.05) is 45.0 Å². The average molecular weight is 251 g/mol. The third-order valence-electron chi connectivity index (χ3n) is 3.12. The first-order chi connectivity index (χ1) is 7.93. The highest BCUT2D eigenvalue weighted by molar-refractivity contribution is 6.53. The summed E-state index contributed by atoms with van der Waals surface area (Å²) in [5.41, 5.74) is 2.59. The van der Waals surface area contributed by atoms with E-state index in [0.29, 0.717) is 5.04 Å². The van der Waals surface area contributed by atoms with Crippen molar-refractivity contribution in [2.45, 2.75) is 45.5 Å². The smallest absolute Gasteiger partial charge is 0.179 e. The lowest BCUT2D eigenvalue weighted by molar-refractivity contribution is 0.294. The lowest BCUT2D eigenvalue weighted by Gasteiger charge is -2.25. The van der Waals surface area contributed by atoms with E-state index in [2.05, 4.69) is 56.9 Å². The number of benzene rings is 1. The molecule has 96 valence electrons. The van der Waals surface area contributed by atoms with Crippen LogP contribution in [0.15, 0.2) is 24.3 Å². The molecule has 1 N–H and O–H groups in total. The van der Waals surface area contributed by atoms with Crippen molar-refractivity contribution < 1.29 is 4.43 Å². The van der Waals surface area contributed by atoms with E-state index in [1.807, 2.05) is 7.05 Å². The van der Waals surface area contributed by atoms with Crippen LogP contribution in [0.3, 0.4) is 0 Å². The molecule has 1 aromatic carbocycles. The van der Waals surface area contributed by atoms with E-state index in [9.17, 15) is 0 Å². The Labute approximate surface area is 107 Å². The molecule has 0 aliphatic carbocycles. The van der Waals surface area contributed by atoms with Gasteiger partial charge in [-0.25, -0.2) is 0 Å². The quantitative estimate of drug-likeness (QED) is 0.812. The summed E-state index contributed by atoms with van der Waals surface area (Å²) < 4.78 is 6.02. The van der Waals surface area contributed by atoms with Crippen LogP contribution in [0.2, 0.25) is 11.6 Å². The van der Waals surface area contributed by atoms with Crippen molar-refractivity contribution in [2.75, 3.05) is 7.05 Å². The zero-order valence-electron chi connectivity index (χ0n) is 11.7. The summed E-state index contributed by atoms with van der Waals surface area (Å²) in [5, 5.41) is 3.49. The summed E-state index contributed by atoms with van der Waals surface area (Å²) in [6.07, 6.45) is 0. The Morgan fingerprint density at radius 2 is 1.65 bits per heavy atom. The van der Waals surface area contributed by atoms with Gasteiger partial charge in [-0.3, -0.25) is 0 Å². The third-order valence-corrected chi connectivity index (χ3v) is 6.23. The summed E-state index contributed by atoms with van der Waals surface area (Å²) in [4.78, 5) is 0. The van der Waals surface area contributed by atoms with E-state index in [1.165, 1.54) is 11.1 Å². The third kappa shape index (κ3) is 5.02. The number of hydrogen-bond donors (Lipinski definition) is 1. The van der Waals surface area contributed by atoms with Crippen LogP contribution in [-0.4, -0.2) is 16.1 Å². The van der Waals surface area contributed by atoms with Crippen molar-refractivity contribution in [3.8, 4) is 0 Å². The predicted octanol–water partition coefficient (Wildman–Crippen LogP) is 3.08. The molecule has 0 radical (unpaired) electrons. The predicted molar refractivity (Wildman–Crippen MR) is 76.7 cm³/mol. The zero-order chi connectivity index (χ0) is 12.9. The van der Waals surface area contributed by atoms with Crippen LogP contribution in [0.1, 0.15) is 31.9 Å². The first kappa shape index (κ1) is 14.4. The molecule has 0 saturated carbocycles. The molecule has 0 aromatic heterocycles. The molecule has 3 heteroatoms. The molecule has 0 amide bonds. The van der Waals surface area contributed by atoms with E-state index in [0.717, 1.165) is 13.2 Å². The van der Waals surface area contributed by atoms with Gasteiger partial charge in [0, 0.05) is 6.54 Å². The van der Waals surface area contributed by atoms with Crippen molar-refractivity contribution in [3.63, 3.8) is 0 Å². The van der Waals surface area contributed by atoms with Crippen LogP contribution in [-0.2, 0) is 17.6 Å². The zero-order valence-corrected chi connectivity index (χ0v) is 12.9. The van der Waals surface area contributed by atoms with Gasteiger partial charge in [0.1, 0.15) is 0 Å². The largest absolute Gasteiger partial charge is 0.416 e. The monoisotopic (exact) mass is 251 g/mol. The maximum Gasteiger partial charge on any atom is 0.179 e. The van der Waals surface area contributed by atoms with Crippen molar-refractivity contribution in [2.24, 2.45) is 0 Å². The van der Waals surface area contributed by atoms with Crippen molar-refractivity contribution in [1.29, 1.82) is 0 Å². The SMILES string of the molecule is CNCc1ccc(CO[SiH](C)C(C)(C)C)cc1. The van der Waals surface area contributed by atoms with E-state index in [1.54, 1.807) is 0 Å². The Hall–Kier alpha value is -0.643. The summed E-state index contributed by atoms with van der Waals surface area (Å²) in [6.45, 7) is 10.7. The van der Waals surface area contributed by atoms with Crippen molar-refractivity contribution in [3.05, 3.63) is 35.4 Å². The van der Waals surface area contributed by atoms with Crippen molar-refractivity contribution >= 4 is 9.04 Å². The molecular formula is C14H25NOSi. The van der Waals surface area contributed by atoms with Gasteiger partial charge in [0.2, 0.25) is 0 Å². The fraction of sp³-hybridized carbons (Fsp3) is 0.571. The molecule has 1 unspecified atom stereocenters. The minimum absolute atomic E-state index is 0.339. The summed E-state index contributed by atoms with van der Waals surface area (Å²) in [6, 6.07) is 8.66. The van der Waals surface area contributed by atoms with Crippen LogP contribution in [0.5, 0.6) is 0 Å². The van der Waals surface area contributed by atoms with Crippen LogP contribution >= 0.6 is 0 Å². The number of rotatable bonds is 5. The number of nitrogens with one attached hydrogen (secondary N) is 1. The molecule has 17 heavy (non-hydrogen) atoms. The first-order valence-corrected chi connectivity index (χ1v) is 8.48. The molecule has 1 rings (SSSR count). The van der Waals surface area contributed by atoms with E-state index in [4.69, 9.17) is 4.43 Å². The molecule has 0 spiro atoms. The molecule has 0 heterocycles. The molecule has 1 atom stereocenters. The Morgan fingerprint density at radius 1 is 1.12 bits per heavy atom. The lowest BCUT2D eigenvalue weighted by Crippen LogP contribution is -2.25. The van der Waals surface area contributed by atoms with Gasteiger partial charge in [-0.05, 0) is 29.8 Å². The second-order valence-corrected chi connectivity index (χ2v) is 9.02. The maximum absolute atomic E-state index is 6.02. The fourth-order valence-electron chi connectivity index (χ4n) is 1.43. The first-order valence-electron chi connectivity index (χ1n) is 6.27. The van der Waals surface area contributed by atoms with Gasteiger partial charge in [0.05, 0.1) is 6.61 Å². The molecular weight excluding hydrogens is 226 g/mol. The lowest BCUT2D eigenvalue weighted by atomic mass is 10.1. The van der Waals surface area contributed by atoms with E-state index >= 15 is 0 Å². The normalized spacial score (nSPS) is 13.7. The molecule has 0 fully saturated rings. The highest BCUT2D eigenvalue weighted by Crippen LogP contribution is 2.27. The van der Waals surface area contributed by atoms with Crippen LogP contribution in [0.25, 0.3) is 0 Å². The Bertz CT molecular complexity index is 329. The van der Waals surface area contributed by atoms with E-state index < -0.39 is 9.04 Å². The summed E-state index contributed by atoms with van der Waals surface area (Å²) in [7, 11) is 0.868. The van der Waals surface area contributed by atoms with Gasteiger partial charge in [-0.2, -0.15) is 0 Å². The maximum atomic E-state index is 6.02. The fourth-order valence-corrected chi connectivity index (χ4v) is 2.37. The topological polar surface area (TPSA) is 21.3 Å². The van der Waals surface area contributed by atoms with Gasteiger partial charge in [-0.15, -0.1) is 0 Å². The van der Waals surface area contributed by atoms with Crippen LogP contribution in [0.4, 0.5) is 0 Å². The average Bonchev–Trinajstić information content (AvgIpc) is 2.27. The van der Waals surface area contributed by atoms with Crippen LogP contribution in [0, 0.1) is 0 Å². The minimum atomic E-state index is -1.10.